The highest BCUT2D eigenvalue weighted by Crippen LogP contribution is 2.21. The van der Waals surface area contributed by atoms with Crippen molar-refractivity contribution in [1.29, 1.82) is 0 Å². The number of nitrogens with one attached hydrogen (secondary N) is 2. The Labute approximate surface area is 211 Å². The summed E-state index contributed by atoms with van der Waals surface area (Å²) in [5.41, 5.74) is 5.98. The number of aliphatic carboxylic acids is 1. The highest BCUT2D eigenvalue weighted by Gasteiger charge is 2.34. The van der Waals surface area contributed by atoms with Gasteiger partial charge in [-0.1, -0.05) is 31.5 Å². The van der Waals surface area contributed by atoms with Crippen LogP contribution in [0.5, 0.6) is 0 Å². The topological polar surface area (TPSA) is 176 Å². The molecule has 36 heavy (non-hydrogen) atoms. The van der Waals surface area contributed by atoms with Gasteiger partial charge in [-0.3, -0.25) is 14.4 Å². The van der Waals surface area contributed by atoms with Crippen LogP contribution in [0, 0.1) is 18.8 Å². The van der Waals surface area contributed by atoms with Crippen LogP contribution in [0.25, 0.3) is 0 Å². The van der Waals surface area contributed by atoms with E-state index in [9.17, 15) is 32.7 Å². The van der Waals surface area contributed by atoms with Crippen molar-refractivity contribution < 1.29 is 32.7 Å². The summed E-state index contributed by atoms with van der Waals surface area (Å²) in [5, 5.41) is 11.7. The fourth-order valence-electron chi connectivity index (χ4n) is 4.06. The Hall–Kier alpha value is -2.99. The first kappa shape index (κ1) is 29.2. The number of sulfonamides is 1. The SMILES string of the molecule is Cc1ccc(S(=O)(=O)NC(CC(C)C)C(=O)N2CCC(C(=O)NC(CCC(N)=O)C(=O)O)CC2)cc1. The van der Waals surface area contributed by atoms with Crippen LogP contribution in [0.15, 0.2) is 29.2 Å². The van der Waals surface area contributed by atoms with Crippen molar-refractivity contribution in [3.8, 4) is 0 Å². The zero-order chi connectivity index (χ0) is 27.0. The predicted octanol–water partition coefficient (Wildman–Crippen LogP) is 0.762. The maximum Gasteiger partial charge on any atom is 0.326 e. The lowest BCUT2D eigenvalue weighted by Crippen LogP contribution is -2.52. The molecular weight excluding hydrogens is 488 g/mol. The van der Waals surface area contributed by atoms with Crippen molar-refractivity contribution in [2.24, 2.45) is 17.6 Å². The summed E-state index contributed by atoms with van der Waals surface area (Å²) in [4.78, 5) is 49.8. The molecule has 1 saturated heterocycles. The molecule has 5 N–H and O–H groups in total. The summed E-state index contributed by atoms with van der Waals surface area (Å²) >= 11 is 0. The number of likely N-dealkylation sites (tertiary alicyclic amines) is 1. The van der Waals surface area contributed by atoms with Crippen molar-refractivity contribution in [2.75, 3.05) is 13.1 Å². The standard InChI is InChI=1S/C24H36N4O7S/c1-15(2)14-20(27-36(34,35)18-6-4-16(3)5-7-18)23(31)28-12-10-17(11-13-28)22(30)26-19(24(32)33)8-9-21(25)29/h4-7,15,17,19-20,27H,8-14H2,1-3H3,(H2,25,29)(H,26,30)(H,32,33). The molecule has 1 aliphatic rings. The number of hydrogen-bond acceptors (Lipinski definition) is 6. The minimum absolute atomic E-state index is 0.0522. The summed E-state index contributed by atoms with van der Waals surface area (Å²) in [6.45, 7) is 6.11. The van der Waals surface area contributed by atoms with Gasteiger partial charge in [0.15, 0.2) is 0 Å². The lowest BCUT2D eigenvalue weighted by atomic mass is 9.94. The molecule has 0 aliphatic carbocycles. The van der Waals surface area contributed by atoms with E-state index in [1.165, 1.54) is 17.0 Å². The zero-order valence-corrected chi connectivity index (χ0v) is 21.7. The normalized spacial score (nSPS) is 16.4. The molecule has 0 bridgehead atoms. The van der Waals surface area contributed by atoms with Crippen LogP contribution in [0.4, 0.5) is 0 Å². The fourth-order valence-corrected chi connectivity index (χ4v) is 5.26. The van der Waals surface area contributed by atoms with Gasteiger partial charge in [-0.15, -0.1) is 0 Å². The number of carbonyl (C=O) groups is 4. The quantitative estimate of drug-likeness (QED) is 0.312. The Bertz CT molecular complexity index is 1050. The van der Waals surface area contributed by atoms with Crippen LogP contribution >= 0.6 is 0 Å². The summed E-state index contributed by atoms with van der Waals surface area (Å²) in [5.74, 6) is -3.18. The minimum atomic E-state index is -3.91. The zero-order valence-electron chi connectivity index (χ0n) is 20.9. The molecule has 0 spiro atoms. The molecule has 1 fully saturated rings. The van der Waals surface area contributed by atoms with Gasteiger partial charge in [0.05, 0.1) is 4.90 Å². The number of carboxylic acid groups (broad SMARTS) is 1. The number of hydrogen-bond donors (Lipinski definition) is 4. The molecule has 2 unspecified atom stereocenters. The van der Waals surface area contributed by atoms with Gasteiger partial charge in [0, 0.05) is 25.4 Å². The van der Waals surface area contributed by atoms with E-state index in [1.54, 1.807) is 12.1 Å². The number of benzene rings is 1. The lowest BCUT2D eigenvalue weighted by Gasteiger charge is -2.34. The molecule has 3 amide bonds. The highest BCUT2D eigenvalue weighted by molar-refractivity contribution is 7.89. The van der Waals surface area contributed by atoms with E-state index >= 15 is 0 Å². The molecular formula is C24H36N4O7S. The summed E-state index contributed by atoms with van der Waals surface area (Å²) in [6, 6.07) is 4.18. The van der Waals surface area contributed by atoms with Gasteiger partial charge < -0.3 is 21.1 Å². The van der Waals surface area contributed by atoms with Crippen molar-refractivity contribution in [2.45, 2.75) is 69.9 Å². The molecule has 1 aromatic carbocycles. The molecule has 2 atom stereocenters. The van der Waals surface area contributed by atoms with Gasteiger partial charge in [0.1, 0.15) is 12.1 Å². The Morgan fingerprint density at radius 1 is 1.08 bits per heavy atom. The lowest BCUT2D eigenvalue weighted by molar-refractivity contribution is -0.143. The van der Waals surface area contributed by atoms with Crippen LogP contribution in [0.1, 0.15) is 51.5 Å². The summed E-state index contributed by atoms with van der Waals surface area (Å²) in [6.07, 6.45) is 0.647. The fraction of sp³-hybridized carbons (Fsp3) is 0.583. The Morgan fingerprint density at radius 3 is 2.17 bits per heavy atom. The number of piperidine rings is 1. The molecule has 0 aromatic heterocycles. The van der Waals surface area contributed by atoms with Crippen LogP contribution in [-0.4, -0.2) is 67.3 Å². The average molecular weight is 525 g/mol. The van der Waals surface area contributed by atoms with Crippen molar-refractivity contribution in [3.05, 3.63) is 29.8 Å². The summed E-state index contributed by atoms with van der Waals surface area (Å²) in [7, 11) is -3.91. The number of carboxylic acids is 1. The predicted molar refractivity (Wildman–Crippen MR) is 132 cm³/mol. The third-order valence-electron chi connectivity index (χ3n) is 6.11. The van der Waals surface area contributed by atoms with Crippen LogP contribution in [-0.2, 0) is 29.2 Å². The Morgan fingerprint density at radius 2 is 1.67 bits per heavy atom. The Balaban J connectivity index is 2.02. The second kappa shape index (κ2) is 12.8. The molecule has 1 heterocycles. The summed E-state index contributed by atoms with van der Waals surface area (Å²) < 4.78 is 28.4. The third kappa shape index (κ3) is 8.59. The van der Waals surface area contributed by atoms with E-state index in [1.807, 2.05) is 20.8 Å². The molecule has 2 rings (SSSR count). The van der Waals surface area contributed by atoms with Crippen molar-refractivity contribution in [1.82, 2.24) is 14.9 Å². The number of primary amides is 1. The van der Waals surface area contributed by atoms with Gasteiger partial charge in [0.25, 0.3) is 0 Å². The minimum Gasteiger partial charge on any atom is -0.480 e. The maximum absolute atomic E-state index is 13.3. The van der Waals surface area contributed by atoms with Gasteiger partial charge >= 0.3 is 5.97 Å². The highest BCUT2D eigenvalue weighted by atomic mass is 32.2. The number of carbonyl (C=O) groups excluding carboxylic acids is 3. The number of nitrogens with zero attached hydrogens (tertiary/aromatic N) is 1. The van der Waals surface area contributed by atoms with Crippen molar-refractivity contribution >= 4 is 33.7 Å². The van der Waals surface area contributed by atoms with Gasteiger partial charge in [-0.2, -0.15) is 4.72 Å². The molecule has 1 aliphatic heterocycles. The number of amides is 3. The van der Waals surface area contributed by atoms with Crippen LogP contribution in [0.2, 0.25) is 0 Å². The first-order chi connectivity index (χ1) is 16.8. The molecule has 200 valence electrons. The third-order valence-corrected chi connectivity index (χ3v) is 7.59. The van der Waals surface area contributed by atoms with Crippen LogP contribution < -0.4 is 15.8 Å². The Kier molecular flexibility index (Phi) is 10.4. The first-order valence-corrected chi connectivity index (χ1v) is 13.5. The smallest absolute Gasteiger partial charge is 0.326 e. The molecule has 0 radical (unpaired) electrons. The van der Waals surface area contributed by atoms with Gasteiger partial charge in [0.2, 0.25) is 27.7 Å². The van der Waals surface area contributed by atoms with E-state index in [4.69, 9.17) is 5.73 Å². The monoisotopic (exact) mass is 524 g/mol. The van der Waals surface area contributed by atoms with Crippen LogP contribution in [0.3, 0.4) is 0 Å². The molecule has 1 aromatic rings. The second-order valence-corrected chi connectivity index (χ2v) is 11.3. The van der Waals surface area contributed by atoms with Gasteiger partial charge in [-0.25, -0.2) is 13.2 Å². The second-order valence-electron chi connectivity index (χ2n) is 9.62. The van der Waals surface area contributed by atoms with E-state index in [-0.39, 0.29) is 42.7 Å². The van der Waals surface area contributed by atoms with E-state index in [2.05, 4.69) is 10.0 Å². The van der Waals surface area contributed by atoms with E-state index in [0.29, 0.717) is 19.3 Å². The van der Waals surface area contributed by atoms with Gasteiger partial charge in [-0.05, 0) is 50.7 Å². The first-order valence-electron chi connectivity index (χ1n) is 12.0. The number of nitrogens with two attached hydrogens (primary N) is 1. The van der Waals surface area contributed by atoms with E-state index < -0.39 is 45.8 Å². The maximum atomic E-state index is 13.3. The van der Waals surface area contributed by atoms with E-state index in [0.717, 1.165) is 5.56 Å². The number of aryl methyl sites for hydroxylation is 1. The molecule has 0 saturated carbocycles. The largest absolute Gasteiger partial charge is 0.480 e. The molecule has 11 nitrogen and oxygen atoms in total. The average Bonchev–Trinajstić information content (AvgIpc) is 2.80. The molecule has 12 heteroatoms. The van der Waals surface area contributed by atoms with Crippen molar-refractivity contribution in [3.63, 3.8) is 0 Å². The number of rotatable bonds is 12.